The van der Waals surface area contributed by atoms with Gasteiger partial charge in [0, 0.05) is 18.0 Å². The van der Waals surface area contributed by atoms with E-state index in [2.05, 4.69) is 5.32 Å². The maximum absolute atomic E-state index is 14.3. The molecule has 0 aliphatic carbocycles. The molecule has 0 aliphatic rings. The van der Waals surface area contributed by atoms with E-state index in [1.54, 1.807) is 6.07 Å². The Kier molecular flexibility index (Phi) is 5.62. The molecule has 1 atom stereocenters. The lowest BCUT2D eigenvalue weighted by Crippen LogP contribution is -2.19. The molecule has 0 aliphatic heterocycles. The largest absolute Gasteiger partial charge is 0.367 e. The lowest BCUT2D eigenvalue weighted by atomic mass is 10.1. The minimum atomic E-state index is -0.192. The summed E-state index contributed by atoms with van der Waals surface area (Å²) in [5.41, 5.74) is 1.57. The van der Waals surface area contributed by atoms with E-state index in [0.717, 1.165) is 21.3 Å². The maximum atomic E-state index is 14.3. The number of hydrogen-bond acceptors (Lipinski definition) is 3. The van der Waals surface area contributed by atoms with Crippen molar-refractivity contribution in [2.75, 3.05) is 18.5 Å². The van der Waals surface area contributed by atoms with Crippen molar-refractivity contribution in [3.05, 3.63) is 50.9 Å². The number of hydrogen-bond donors (Lipinski definition) is 1. The standard InChI is InChI=1S/C16H20ClFN2S/c1-4-19-11(2)12-5-7-15(14(18)9-12)20(3)10-13-6-8-16(17)21-13/h5-9,11,19H,4,10H2,1-3H3. The summed E-state index contributed by atoms with van der Waals surface area (Å²) in [5.74, 6) is -0.192. The van der Waals surface area contributed by atoms with Gasteiger partial charge in [0.25, 0.3) is 0 Å². The highest BCUT2D eigenvalue weighted by atomic mass is 35.5. The first-order valence-corrected chi connectivity index (χ1v) is 8.19. The van der Waals surface area contributed by atoms with Gasteiger partial charge in [0.05, 0.1) is 16.6 Å². The summed E-state index contributed by atoms with van der Waals surface area (Å²) < 4.78 is 15.1. The van der Waals surface area contributed by atoms with Crippen LogP contribution >= 0.6 is 22.9 Å². The van der Waals surface area contributed by atoms with Crippen molar-refractivity contribution in [1.29, 1.82) is 0 Å². The fourth-order valence-corrected chi connectivity index (χ4v) is 3.42. The topological polar surface area (TPSA) is 15.3 Å². The van der Waals surface area contributed by atoms with Gasteiger partial charge in [-0.05, 0) is 43.3 Å². The molecule has 21 heavy (non-hydrogen) atoms. The number of halogens is 2. The van der Waals surface area contributed by atoms with Crippen molar-refractivity contribution in [2.24, 2.45) is 0 Å². The Hall–Kier alpha value is -1.10. The van der Waals surface area contributed by atoms with Gasteiger partial charge >= 0.3 is 0 Å². The molecule has 1 aromatic heterocycles. The van der Waals surface area contributed by atoms with E-state index >= 15 is 0 Å². The zero-order chi connectivity index (χ0) is 15.4. The molecule has 0 bridgehead atoms. The molecule has 2 aromatic rings. The second-order valence-electron chi connectivity index (χ2n) is 5.05. The van der Waals surface area contributed by atoms with Gasteiger partial charge in [-0.25, -0.2) is 4.39 Å². The van der Waals surface area contributed by atoms with Crippen LogP contribution in [0, 0.1) is 5.82 Å². The molecule has 1 N–H and O–H groups in total. The van der Waals surface area contributed by atoms with Gasteiger partial charge in [-0.3, -0.25) is 0 Å². The highest BCUT2D eigenvalue weighted by Crippen LogP contribution is 2.27. The number of benzene rings is 1. The van der Waals surface area contributed by atoms with E-state index < -0.39 is 0 Å². The van der Waals surface area contributed by atoms with Crippen LogP contribution in [0.3, 0.4) is 0 Å². The van der Waals surface area contributed by atoms with Crippen LogP contribution in [0.2, 0.25) is 4.34 Å². The highest BCUT2D eigenvalue weighted by molar-refractivity contribution is 7.16. The predicted octanol–water partition coefficient (Wildman–Crippen LogP) is 4.85. The molecule has 5 heteroatoms. The summed E-state index contributed by atoms with van der Waals surface area (Å²) in [7, 11) is 1.89. The first kappa shape index (κ1) is 16.3. The zero-order valence-corrected chi connectivity index (χ0v) is 14.1. The van der Waals surface area contributed by atoms with Crippen LogP contribution in [0.1, 0.15) is 30.3 Å². The highest BCUT2D eigenvalue weighted by Gasteiger charge is 2.12. The summed E-state index contributed by atoms with van der Waals surface area (Å²) in [4.78, 5) is 3.02. The Morgan fingerprint density at radius 2 is 2.10 bits per heavy atom. The summed E-state index contributed by atoms with van der Waals surface area (Å²) in [6, 6.07) is 9.42. The molecule has 0 amide bonds. The molecule has 2 rings (SSSR count). The summed E-state index contributed by atoms with van der Waals surface area (Å²) >= 11 is 7.45. The Bertz CT molecular complexity index is 600. The molecule has 1 heterocycles. The smallest absolute Gasteiger partial charge is 0.146 e. The van der Waals surface area contributed by atoms with Crippen molar-refractivity contribution < 1.29 is 4.39 Å². The summed E-state index contributed by atoms with van der Waals surface area (Å²) in [6.45, 7) is 5.59. The molecule has 1 unspecified atom stereocenters. The number of thiophene rings is 1. The molecule has 0 saturated carbocycles. The Morgan fingerprint density at radius 1 is 1.33 bits per heavy atom. The lowest BCUT2D eigenvalue weighted by molar-refractivity contribution is 0.581. The third kappa shape index (κ3) is 4.19. The SMILES string of the molecule is CCNC(C)c1ccc(N(C)Cc2ccc(Cl)s2)c(F)c1. The molecule has 0 fully saturated rings. The van der Waals surface area contributed by atoms with Crippen LogP contribution in [0.4, 0.5) is 10.1 Å². The van der Waals surface area contributed by atoms with Gasteiger partial charge in [-0.15, -0.1) is 11.3 Å². The third-order valence-electron chi connectivity index (χ3n) is 3.42. The Morgan fingerprint density at radius 3 is 2.67 bits per heavy atom. The van der Waals surface area contributed by atoms with Crippen LogP contribution in [-0.4, -0.2) is 13.6 Å². The van der Waals surface area contributed by atoms with Crippen LogP contribution in [0.25, 0.3) is 0 Å². The van der Waals surface area contributed by atoms with Crippen LogP contribution in [0.15, 0.2) is 30.3 Å². The number of nitrogens with one attached hydrogen (secondary N) is 1. The normalized spacial score (nSPS) is 12.4. The van der Waals surface area contributed by atoms with Crippen molar-refractivity contribution in [3.63, 3.8) is 0 Å². The van der Waals surface area contributed by atoms with Crippen molar-refractivity contribution in [1.82, 2.24) is 5.32 Å². The molecular weight excluding hydrogens is 307 g/mol. The van der Waals surface area contributed by atoms with Gasteiger partial charge in [0.2, 0.25) is 0 Å². The van der Waals surface area contributed by atoms with E-state index in [1.807, 2.05) is 50.1 Å². The Balaban J connectivity index is 2.12. The number of rotatable bonds is 6. The van der Waals surface area contributed by atoms with Crippen LogP contribution in [0.5, 0.6) is 0 Å². The lowest BCUT2D eigenvalue weighted by Gasteiger charge is -2.21. The van der Waals surface area contributed by atoms with Gasteiger partial charge in [-0.2, -0.15) is 0 Å². The van der Waals surface area contributed by atoms with Crippen molar-refractivity contribution in [2.45, 2.75) is 26.4 Å². The van der Waals surface area contributed by atoms with Crippen molar-refractivity contribution >= 4 is 28.6 Å². The first-order chi connectivity index (χ1) is 10.0. The maximum Gasteiger partial charge on any atom is 0.146 e. The van der Waals surface area contributed by atoms with E-state index in [4.69, 9.17) is 11.6 Å². The molecule has 114 valence electrons. The predicted molar refractivity (Wildman–Crippen MR) is 89.9 cm³/mol. The van der Waals surface area contributed by atoms with Gasteiger partial charge in [0.1, 0.15) is 5.82 Å². The van der Waals surface area contributed by atoms with E-state index in [-0.39, 0.29) is 11.9 Å². The molecule has 2 nitrogen and oxygen atoms in total. The quantitative estimate of drug-likeness (QED) is 0.816. The third-order valence-corrected chi connectivity index (χ3v) is 4.63. The summed E-state index contributed by atoms with van der Waals surface area (Å²) in [5, 5.41) is 3.29. The molecule has 0 radical (unpaired) electrons. The van der Waals surface area contributed by atoms with Crippen LogP contribution < -0.4 is 10.2 Å². The van der Waals surface area contributed by atoms with Crippen LogP contribution in [-0.2, 0) is 6.54 Å². The van der Waals surface area contributed by atoms with Crippen molar-refractivity contribution in [3.8, 4) is 0 Å². The second-order valence-corrected chi connectivity index (χ2v) is 6.85. The van der Waals surface area contributed by atoms with E-state index in [0.29, 0.717) is 12.2 Å². The van der Waals surface area contributed by atoms with E-state index in [1.165, 1.54) is 11.3 Å². The summed E-state index contributed by atoms with van der Waals surface area (Å²) in [6.07, 6.45) is 0. The second kappa shape index (κ2) is 7.25. The monoisotopic (exact) mass is 326 g/mol. The first-order valence-electron chi connectivity index (χ1n) is 6.99. The van der Waals surface area contributed by atoms with Gasteiger partial charge in [-0.1, -0.05) is 24.6 Å². The fourth-order valence-electron chi connectivity index (χ4n) is 2.28. The minimum absolute atomic E-state index is 0.153. The molecular formula is C16H20ClFN2S. The van der Waals surface area contributed by atoms with Gasteiger partial charge < -0.3 is 10.2 Å². The number of anilines is 1. The zero-order valence-electron chi connectivity index (χ0n) is 12.5. The number of nitrogens with zero attached hydrogens (tertiary/aromatic N) is 1. The average molecular weight is 327 g/mol. The fraction of sp³-hybridized carbons (Fsp3) is 0.375. The van der Waals surface area contributed by atoms with E-state index in [9.17, 15) is 4.39 Å². The average Bonchev–Trinajstić information content (AvgIpc) is 2.84. The van der Waals surface area contributed by atoms with Gasteiger partial charge in [0.15, 0.2) is 0 Å². The minimum Gasteiger partial charge on any atom is -0.367 e. The Labute approximate surface area is 134 Å². The molecule has 0 saturated heterocycles. The molecule has 1 aromatic carbocycles. The molecule has 0 spiro atoms.